The lowest BCUT2D eigenvalue weighted by atomic mass is 9.92. The Morgan fingerprint density at radius 2 is 1.86 bits per heavy atom. The molecule has 2 aliphatic rings. The fourth-order valence-electron chi connectivity index (χ4n) is 4.10. The zero-order valence-corrected chi connectivity index (χ0v) is 19.7. The molecule has 2 aliphatic heterocycles. The van der Waals surface area contributed by atoms with E-state index in [2.05, 4.69) is 40.4 Å². The van der Waals surface area contributed by atoms with Crippen LogP contribution in [0.1, 0.15) is 38.7 Å². The molecule has 158 valence electrons. The second-order valence-corrected chi connectivity index (χ2v) is 7.95. The van der Waals surface area contributed by atoms with Crippen molar-refractivity contribution >= 4 is 29.9 Å². The molecule has 1 aromatic rings. The molecule has 0 aliphatic carbocycles. The van der Waals surface area contributed by atoms with E-state index in [1.54, 1.807) is 0 Å². The second kappa shape index (κ2) is 11.7. The van der Waals surface area contributed by atoms with Crippen LogP contribution in [0.15, 0.2) is 23.2 Å². The van der Waals surface area contributed by atoms with E-state index in [-0.39, 0.29) is 24.0 Å². The zero-order valence-electron chi connectivity index (χ0n) is 17.4. The molecule has 0 spiro atoms. The van der Waals surface area contributed by atoms with E-state index in [9.17, 15) is 0 Å². The number of piperidine rings is 1. The van der Waals surface area contributed by atoms with Gasteiger partial charge in [-0.3, -0.25) is 4.99 Å². The maximum Gasteiger partial charge on any atom is 0.231 e. The van der Waals surface area contributed by atoms with Crippen LogP contribution < -0.4 is 20.1 Å². The summed E-state index contributed by atoms with van der Waals surface area (Å²) in [4.78, 5) is 6.94. The van der Waals surface area contributed by atoms with E-state index in [4.69, 9.17) is 9.47 Å². The Labute approximate surface area is 186 Å². The van der Waals surface area contributed by atoms with Gasteiger partial charge in [0.2, 0.25) is 6.79 Å². The van der Waals surface area contributed by atoms with Gasteiger partial charge in [-0.25, -0.2) is 0 Å². The summed E-state index contributed by atoms with van der Waals surface area (Å²) in [6.07, 6.45) is 3.76. The Kier molecular flexibility index (Phi) is 9.64. The number of fused-ring (bicyclic) bond motifs is 1. The van der Waals surface area contributed by atoms with E-state index >= 15 is 0 Å². The molecule has 2 N–H and O–H groups in total. The van der Waals surface area contributed by atoms with Crippen LogP contribution in [0.25, 0.3) is 0 Å². The quantitative estimate of drug-likeness (QED) is 0.259. The van der Waals surface area contributed by atoms with Crippen LogP contribution in [0.2, 0.25) is 0 Å². The number of rotatable bonds is 7. The van der Waals surface area contributed by atoms with Gasteiger partial charge >= 0.3 is 0 Å². The molecule has 1 saturated heterocycles. The van der Waals surface area contributed by atoms with Crippen molar-refractivity contribution in [3.8, 4) is 11.5 Å². The molecule has 3 rings (SSSR count). The van der Waals surface area contributed by atoms with Crippen LogP contribution in [-0.4, -0.2) is 50.9 Å². The highest BCUT2D eigenvalue weighted by Crippen LogP contribution is 2.32. The van der Waals surface area contributed by atoms with Crippen molar-refractivity contribution in [1.82, 2.24) is 15.5 Å². The lowest BCUT2D eigenvalue weighted by Gasteiger charge is -2.34. The Bertz CT molecular complexity index is 631. The summed E-state index contributed by atoms with van der Waals surface area (Å²) in [5, 5.41) is 6.77. The van der Waals surface area contributed by atoms with Gasteiger partial charge in [-0.2, -0.15) is 0 Å². The van der Waals surface area contributed by atoms with E-state index < -0.39 is 0 Å². The van der Waals surface area contributed by atoms with Crippen molar-refractivity contribution in [3.05, 3.63) is 23.8 Å². The number of aliphatic imine (C=N–C) groups is 1. The summed E-state index contributed by atoms with van der Waals surface area (Å²) < 4.78 is 10.8. The van der Waals surface area contributed by atoms with Crippen molar-refractivity contribution in [3.63, 3.8) is 0 Å². The number of guanidine groups is 1. The van der Waals surface area contributed by atoms with Crippen molar-refractivity contribution in [2.45, 2.75) is 39.7 Å². The summed E-state index contributed by atoms with van der Waals surface area (Å²) in [5.74, 6) is 4.15. The Morgan fingerprint density at radius 1 is 1.11 bits per heavy atom. The van der Waals surface area contributed by atoms with Gasteiger partial charge < -0.3 is 25.0 Å². The summed E-state index contributed by atoms with van der Waals surface area (Å²) >= 11 is 0. The summed E-state index contributed by atoms with van der Waals surface area (Å²) in [5.41, 5.74) is 1.15. The molecule has 7 heteroatoms. The Morgan fingerprint density at radius 3 is 2.61 bits per heavy atom. The van der Waals surface area contributed by atoms with Gasteiger partial charge in [0.05, 0.1) is 0 Å². The minimum atomic E-state index is 0. The van der Waals surface area contributed by atoms with Crippen molar-refractivity contribution in [2.75, 3.05) is 40.0 Å². The third-order valence-electron chi connectivity index (χ3n) is 5.26. The third kappa shape index (κ3) is 6.99. The standard InChI is InChI=1S/C21H34N4O2.HI/c1-16-10-17(2)14-25(13-16)9-5-4-8-23-21(22-3)24-12-18-6-7-19-20(11-18)27-15-26-19;/h6-7,11,16-17H,4-5,8-10,12-15H2,1-3H3,(H2,22,23,24);1H. The highest BCUT2D eigenvalue weighted by Gasteiger charge is 2.20. The topological polar surface area (TPSA) is 58.1 Å². The fraction of sp³-hybridized carbons (Fsp3) is 0.667. The van der Waals surface area contributed by atoms with Gasteiger partial charge in [-0.05, 0) is 55.3 Å². The molecule has 2 heterocycles. The molecule has 0 radical (unpaired) electrons. The van der Waals surface area contributed by atoms with Crippen LogP contribution in [0.3, 0.4) is 0 Å². The third-order valence-corrected chi connectivity index (χ3v) is 5.26. The number of nitrogens with one attached hydrogen (secondary N) is 2. The number of hydrogen-bond acceptors (Lipinski definition) is 4. The molecule has 0 amide bonds. The first-order chi connectivity index (χ1) is 13.1. The highest BCUT2D eigenvalue weighted by molar-refractivity contribution is 14.0. The summed E-state index contributed by atoms with van der Waals surface area (Å²) in [6, 6.07) is 6.02. The van der Waals surface area contributed by atoms with Gasteiger partial charge in [0.15, 0.2) is 17.5 Å². The molecule has 2 unspecified atom stereocenters. The largest absolute Gasteiger partial charge is 0.454 e. The van der Waals surface area contributed by atoms with Crippen LogP contribution in [-0.2, 0) is 6.54 Å². The predicted octanol–water partition coefficient (Wildman–Crippen LogP) is 3.46. The number of unbranched alkanes of at least 4 members (excludes halogenated alkanes) is 1. The highest BCUT2D eigenvalue weighted by atomic mass is 127. The van der Waals surface area contributed by atoms with Crippen LogP contribution in [0.5, 0.6) is 11.5 Å². The molecule has 2 atom stereocenters. The summed E-state index contributed by atoms with van der Waals surface area (Å²) in [7, 11) is 1.81. The molecule has 0 aromatic heterocycles. The molecule has 0 saturated carbocycles. The average molecular weight is 502 g/mol. The van der Waals surface area contributed by atoms with E-state index in [1.807, 2.05) is 19.2 Å². The minimum Gasteiger partial charge on any atom is -0.454 e. The van der Waals surface area contributed by atoms with E-state index in [1.165, 1.54) is 32.5 Å². The molecule has 28 heavy (non-hydrogen) atoms. The Balaban J connectivity index is 0.00000280. The molecular formula is C21H35IN4O2. The maximum atomic E-state index is 5.43. The zero-order chi connectivity index (χ0) is 19.1. The SMILES string of the molecule is CN=C(NCCCCN1CC(C)CC(C)C1)NCc1ccc2c(c1)OCO2.I. The molecule has 0 bridgehead atoms. The lowest BCUT2D eigenvalue weighted by molar-refractivity contribution is 0.139. The second-order valence-electron chi connectivity index (χ2n) is 7.95. The number of hydrogen-bond donors (Lipinski definition) is 2. The molecule has 6 nitrogen and oxygen atoms in total. The van der Waals surface area contributed by atoms with Gasteiger partial charge in [0.25, 0.3) is 0 Å². The number of benzene rings is 1. The molecular weight excluding hydrogens is 467 g/mol. The number of halogens is 1. The first-order valence-electron chi connectivity index (χ1n) is 10.2. The average Bonchev–Trinajstić information content (AvgIpc) is 3.11. The summed E-state index contributed by atoms with van der Waals surface area (Å²) in [6.45, 7) is 10.4. The van der Waals surface area contributed by atoms with Gasteiger partial charge in [0.1, 0.15) is 0 Å². The van der Waals surface area contributed by atoms with Crippen molar-refractivity contribution < 1.29 is 9.47 Å². The normalized spacial score (nSPS) is 21.9. The van der Waals surface area contributed by atoms with Gasteiger partial charge in [0, 0.05) is 33.2 Å². The lowest BCUT2D eigenvalue weighted by Crippen LogP contribution is -2.40. The van der Waals surface area contributed by atoms with E-state index in [0.29, 0.717) is 13.3 Å². The predicted molar refractivity (Wildman–Crippen MR) is 125 cm³/mol. The van der Waals surface area contributed by atoms with Gasteiger partial charge in [-0.1, -0.05) is 19.9 Å². The number of likely N-dealkylation sites (tertiary alicyclic amines) is 1. The number of ether oxygens (including phenoxy) is 2. The maximum absolute atomic E-state index is 5.43. The van der Waals surface area contributed by atoms with Crippen LogP contribution >= 0.6 is 24.0 Å². The van der Waals surface area contributed by atoms with Gasteiger partial charge in [-0.15, -0.1) is 24.0 Å². The number of nitrogens with zero attached hydrogens (tertiary/aromatic N) is 2. The molecule has 1 aromatic carbocycles. The first kappa shape index (κ1) is 23.1. The molecule has 1 fully saturated rings. The fourth-order valence-corrected chi connectivity index (χ4v) is 4.10. The first-order valence-corrected chi connectivity index (χ1v) is 10.2. The van der Waals surface area contributed by atoms with E-state index in [0.717, 1.165) is 47.8 Å². The smallest absolute Gasteiger partial charge is 0.231 e. The Hall–Kier alpha value is -1.22. The minimum absolute atomic E-state index is 0. The van der Waals surface area contributed by atoms with Crippen molar-refractivity contribution in [2.24, 2.45) is 16.8 Å². The van der Waals surface area contributed by atoms with Crippen molar-refractivity contribution in [1.29, 1.82) is 0 Å². The monoisotopic (exact) mass is 502 g/mol. The van der Waals surface area contributed by atoms with Crippen LogP contribution in [0, 0.1) is 11.8 Å². The van der Waals surface area contributed by atoms with Crippen LogP contribution in [0.4, 0.5) is 0 Å².